The molecule has 1 rings (SSSR count). The second-order valence-corrected chi connectivity index (χ2v) is 4.08. The Morgan fingerprint density at radius 2 is 2.31 bits per heavy atom. The molecule has 72 valence electrons. The smallest absolute Gasteiger partial charge is 0.347 e. The molecule has 1 aromatic heterocycles. The zero-order valence-electron chi connectivity index (χ0n) is 7.70. The third-order valence-corrected chi connectivity index (χ3v) is 3.03. The van der Waals surface area contributed by atoms with Crippen LogP contribution in [0.15, 0.2) is 6.20 Å². The van der Waals surface area contributed by atoms with Crippen molar-refractivity contribution in [2.24, 2.45) is 0 Å². The zero-order chi connectivity index (χ0) is 10.1. The summed E-state index contributed by atoms with van der Waals surface area (Å²) in [4.78, 5) is 14.8. The van der Waals surface area contributed by atoms with Gasteiger partial charge in [-0.2, -0.15) is 0 Å². The molecule has 0 unspecified atom stereocenters. The van der Waals surface area contributed by atoms with Crippen molar-refractivity contribution in [3.63, 3.8) is 0 Å². The molecule has 1 heterocycles. The number of rotatable bonds is 3. The Hall–Kier alpha value is -0.940. The van der Waals surface area contributed by atoms with Gasteiger partial charge in [0.1, 0.15) is 15.5 Å². The summed E-state index contributed by atoms with van der Waals surface area (Å²) in [6, 6.07) is 0. The molecule has 13 heavy (non-hydrogen) atoms. The second-order valence-electron chi connectivity index (χ2n) is 3.05. The molecular formula is C8H11NO3S. The summed E-state index contributed by atoms with van der Waals surface area (Å²) < 4.78 is 5.17. The van der Waals surface area contributed by atoms with Crippen molar-refractivity contribution in [3.05, 3.63) is 16.1 Å². The van der Waals surface area contributed by atoms with Crippen LogP contribution in [0.5, 0.6) is 0 Å². The molecule has 1 N–H and O–H groups in total. The molecule has 1 aromatic rings. The van der Waals surface area contributed by atoms with Crippen molar-refractivity contribution >= 4 is 17.3 Å². The average molecular weight is 201 g/mol. The molecule has 0 amide bonds. The number of aromatic nitrogens is 1. The molecule has 5 heteroatoms. The number of carbonyl (C=O) groups is 1. The molecule has 0 atom stereocenters. The minimum absolute atomic E-state index is 0.236. The van der Waals surface area contributed by atoms with Crippen LogP contribution in [-0.4, -0.2) is 23.2 Å². The Labute approximate surface area is 80.2 Å². The normalized spacial score (nSPS) is 11.6. The first-order valence-electron chi connectivity index (χ1n) is 3.72. The summed E-state index contributed by atoms with van der Waals surface area (Å²) in [5.41, 5.74) is -0.516. The molecule has 0 aliphatic heterocycles. The van der Waals surface area contributed by atoms with Crippen LogP contribution >= 0.6 is 11.3 Å². The first-order valence-corrected chi connectivity index (χ1v) is 4.54. The Bertz CT molecular complexity index is 319. The van der Waals surface area contributed by atoms with Crippen molar-refractivity contribution in [3.8, 4) is 0 Å². The van der Waals surface area contributed by atoms with E-state index in [0.29, 0.717) is 5.01 Å². The van der Waals surface area contributed by atoms with Crippen molar-refractivity contribution in [2.45, 2.75) is 19.4 Å². The van der Waals surface area contributed by atoms with Gasteiger partial charge in [-0.25, -0.2) is 9.78 Å². The van der Waals surface area contributed by atoms with Crippen molar-refractivity contribution in [1.82, 2.24) is 4.98 Å². The zero-order valence-corrected chi connectivity index (χ0v) is 8.51. The fourth-order valence-corrected chi connectivity index (χ4v) is 1.57. The number of carboxylic acid groups (broad SMARTS) is 1. The largest absolute Gasteiger partial charge is 0.477 e. The van der Waals surface area contributed by atoms with E-state index in [4.69, 9.17) is 9.84 Å². The molecular weight excluding hydrogens is 190 g/mol. The van der Waals surface area contributed by atoms with Gasteiger partial charge in [0.2, 0.25) is 0 Å². The summed E-state index contributed by atoms with van der Waals surface area (Å²) in [7, 11) is 1.57. The van der Waals surface area contributed by atoms with E-state index < -0.39 is 11.6 Å². The predicted octanol–water partition coefficient (Wildman–Crippen LogP) is 1.72. The molecule has 4 nitrogen and oxygen atoms in total. The van der Waals surface area contributed by atoms with Gasteiger partial charge in [-0.05, 0) is 13.8 Å². The quantitative estimate of drug-likeness (QED) is 0.809. The van der Waals surface area contributed by atoms with E-state index in [2.05, 4.69) is 4.98 Å². The van der Waals surface area contributed by atoms with Crippen molar-refractivity contribution < 1.29 is 14.6 Å². The molecule has 0 radical (unpaired) electrons. The lowest BCUT2D eigenvalue weighted by Crippen LogP contribution is -2.18. The number of ether oxygens (including phenoxy) is 1. The minimum atomic E-state index is -0.948. The molecule has 0 saturated heterocycles. The Kier molecular flexibility index (Phi) is 2.68. The number of methoxy groups -OCH3 is 1. The molecule has 0 aromatic carbocycles. The lowest BCUT2D eigenvalue weighted by molar-refractivity contribution is 0.0190. The van der Waals surface area contributed by atoms with Gasteiger partial charge in [0.05, 0.1) is 6.20 Å². The molecule has 0 bridgehead atoms. The van der Waals surface area contributed by atoms with E-state index >= 15 is 0 Å². The fraction of sp³-hybridized carbons (Fsp3) is 0.500. The fourth-order valence-electron chi connectivity index (χ4n) is 0.739. The number of nitrogens with zero attached hydrogens (tertiary/aromatic N) is 1. The third kappa shape index (κ3) is 2.05. The van der Waals surface area contributed by atoms with Crippen LogP contribution in [0.1, 0.15) is 28.5 Å². The highest BCUT2D eigenvalue weighted by Gasteiger charge is 2.24. The van der Waals surface area contributed by atoms with Crippen molar-refractivity contribution in [2.75, 3.05) is 7.11 Å². The molecule has 0 aliphatic carbocycles. The maximum Gasteiger partial charge on any atom is 0.347 e. The topological polar surface area (TPSA) is 59.4 Å². The number of thiazole rings is 1. The van der Waals surface area contributed by atoms with E-state index in [1.807, 2.05) is 13.8 Å². The lowest BCUT2D eigenvalue weighted by Gasteiger charge is -2.19. The van der Waals surface area contributed by atoms with Gasteiger partial charge in [-0.1, -0.05) is 0 Å². The van der Waals surface area contributed by atoms with Crippen LogP contribution < -0.4 is 0 Å². The first-order chi connectivity index (χ1) is 5.97. The first kappa shape index (κ1) is 10.1. The van der Waals surface area contributed by atoms with E-state index in [1.165, 1.54) is 6.20 Å². The molecule has 0 saturated carbocycles. The van der Waals surface area contributed by atoms with Gasteiger partial charge in [0.25, 0.3) is 0 Å². The Morgan fingerprint density at radius 1 is 1.69 bits per heavy atom. The SMILES string of the molecule is COC(C)(C)c1ncc(C(=O)O)s1. The number of hydrogen-bond donors (Lipinski definition) is 1. The van der Waals surface area contributed by atoms with Crippen molar-refractivity contribution in [1.29, 1.82) is 0 Å². The standard InChI is InChI=1S/C8H11NO3S/c1-8(2,12-3)7-9-4-5(13-7)6(10)11/h4H,1-3H3,(H,10,11). The third-order valence-electron chi connectivity index (χ3n) is 1.74. The molecule has 0 fully saturated rings. The van der Waals surface area contributed by atoms with Crippen LogP contribution in [0.2, 0.25) is 0 Å². The van der Waals surface area contributed by atoms with E-state index in [0.717, 1.165) is 11.3 Å². The van der Waals surface area contributed by atoms with Crippen LogP contribution in [0.3, 0.4) is 0 Å². The summed E-state index contributed by atoms with van der Waals surface area (Å²) in [6.07, 6.45) is 1.35. The van der Waals surface area contributed by atoms with E-state index in [9.17, 15) is 4.79 Å². The number of carboxylic acids is 1. The van der Waals surface area contributed by atoms with Gasteiger partial charge in [-0.3, -0.25) is 0 Å². The molecule has 0 aliphatic rings. The van der Waals surface area contributed by atoms with Gasteiger partial charge < -0.3 is 9.84 Å². The number of hydrogen-bond acceptors (Lipinski definition) is 4. The highest BCUT2D eigenvalue weighted by Crippen LogP contribution is 2.27. The maximum absolute atomic E-state index is 10.6. The highest BCUT2D eigenvalue weighted by molar-refractivity contribution is 7.13. The average Bonchev–Trinajstić information content (AvgIpc) is 2.52. The summed E-state index contributed by atoms with van der Waals surface area (Å²) in [6.45, 7) is 3.69. The van der Waals surface area contributed by atoms with Crippen LogP contribution in [-0.2, 0) is 10.3 Å². The van der Waals surface area contributed by atoms with Crippen LogP contribution in [0.25, 0.3) is 0 Å². The number of aromatic carboxylic acids is 1. The van der Waals surface area contributed by atoms with Gasteiger partial charge in [-0.15, -0.1) is 11.3 Å². The predicted molar refractivity (Wildman–Crippen MR) is 49.1 cm³/mol. The van der Waals surface area contributed by atoms with Crippen LogP contribution in [0.4, 0.5) is 0 Å². The summed E-state index contributed by atoms with van der Waals surface area (Å²) >= 11 is 1.14. The van der Waals surface area contributed by atoms with Gasteiger partial charge in [0.15, 0.2) is 0 Å². The van der Waals surface area contributed by atoms with Gasteiger partial charge in [0, 0.05) is 7.11 Å². The summed E-state index contributed by atoms with van der Waals surface area (Å²) in [5.74, 6) is -0.948. The Balaban J connectivity index is 2.98. The van der Waals surface area contributed by atoms with E-state index in [1.54, 1.807) is 7.11 Å². The molecule has 0 spiro atoms. The Morgan fingerprint density at radius 3 is 2.69 bits per heavy atom. The lowest BCUT2D eigenvalue weighted by atomic mass is 10.1. The maximum atomic E-state index is 10.6. The van der Waals surface area contributed by atoms with Gasteiger partial charge >= 0.3 is 5.97 Å². The van der Waals surface area contributed by atoms with Crippen LogP contribution in [0, 0.1) is 0 Å². The highest BCUT2D eigenvalue weighted by atomic mass is 32.1. The second kappa shape index (κ2) is 3.43. The summed E-state index contributed by atoms with van der Waals surface area (Å²) in [5, 5.41) is 9.34. The van der Waals surface area contributed by atoms with E-state index in [-0.39, 0.29) is 4.88 Å². The minimum Gasteiger partial charge on any atom is -0.477 e. The monoisotopic (exact) mass is 201 g/mol.